The summed E-state index contributed by atoms with van der Waals surface area (Å²) in [6, 6.07) is -6.61. The van der Waals surface area contributed by atoms with Crippen molar-refractivity contribution in [3.8, 4) is 0 Å². The number of amides is 5. The summed E-state index contributed by atoms with van der Waals surface area (Å²) in [6.07, 6.45) is 4.51. The molecule has 8 atom stereocenters. The van der Waals surface area contributed by atoms with E-state index in [1.54, 1.807) is 41.5 Å². The molecule has 0 spiro atoms. The zero-order valence-electron chi connectivity index (χ0n) is 32.0. The maximum absolute atomic E-state index is 14.7. The molecule has 0 radical (unpaired) electrons. The van der Waals surface area contributed by atoms with Gasteiger partial charge in [0.2, 0.25) is 29.5 Å². The fourth-order valence-corrected chi connectivity index (χ4v) is 6.88. The minimum Gasteiger partial charge on any atom is -0.467 e. The van der Waals surface area contributed by atoms with Gasteiger partial charge in [-0.3, -0.25) is 29.3 Å². The first-order chi connectivity index (χ1) is 23.1. The van der Waals surface area contributed by atoms with Crippen LogP contribution in [0.1, 0.15) is 81.1 Å². The summed E-state index contributed by atoms with van der Waals surface area (Å²) in [4.78, 5) is 88.3. The Morgan fingerprint density at radius 2 is 1.72 bits per heavy atom. The number of likely N-dealkylation sites (N-methyl/N-ethyl adjacent to an activating group) is 3. The summed E-state index contributed by atoms with van der Waals surface area (Å²) in [5.41, 5.74) is -1.03. The van der Waals surface area contributed by atoms with E-state index in [4.69, 9.17) is 4.74 Å². The molecular formula is C36H60N6O8. The molecule has 0 aromatic carbocycles. The molecule has 2 bridgehead atoms. The van der Waals surface area contributed by atoms with E-state index in [1.165, 1.54) is 47.9 Å². The van der Waals surface area contributed by atoms with E-state index in [9.17, 15) is 33.9 Å². The van der Waals surface area contributed by atoms with E-state index in [1.807, 2.05) is 26.0 Å². The van der Waals surface area contributed by atoms with Crippen LogP contribution in [0, 0.1) is 11.8 Å². The van der Waals surface area contributed by atoms with Crippen LogP contribution in [-0.4, -0.2) is 136 Å². The normalized spacial score (nSPS) is 24.6. The fraction of sp³-hybridized carbons (Fsp3) is 0.722. The van der Waals surface area contributed by atoms with E-state index in [0.717, 1.165) is 0 Å². The maximum atomic E-state index is 14.7. The van der Waals surface area contributed by atoms with Crippen LogP contribution in [-0.2, 0) is 33.5 Å². The minimum atomic E-state index is -1.30. The smallest absolute Gasteiger partial charge is 0.328 e. The van der Waals surface area contributed by atoms with Crippen LogP contribution in [0.2, 0.25) is 0 Å². The lowest BCUT2D eigenvalue weighted by Gasteiger charge is -2.49. The van der Waals surface area contributed by atoms with Crippen molar-refractivity contribution in [1.29, 1.82) is 0 Å². The van der Waals surface area contributed by atoms with Gasteiger partial charge in [-0.15, -0.1) is 0 Å². The first kappa shape index (κ1) is 42.4. The molecule has 8 unspecified atom stereocenters. The highest BCUT2D eigenvalue weighted by Crippen LogP contribution is 2.33. The van der Waals surface area contributed by atoms with E-state index >= 15 is 0 Å². The summed E-state index contributed by atoms with van der Waals surface area (Å²) < 4.78 is 4.86. The molecular weight excluding hydrogens is 644 g/mol. The van der Waals surface area contributed by atoms with Crippen molar-refractivity contribution in [2.75, 3.05) is 28.3 Å². The first-order valence-corrected chi connectivity index (χ1v) is 17.4. The molecule has 2 rings (SSSR count). The Labute approximate surface area is 297 Å². The van der Waals surface area contributed by atoms with Crippen molar-refractivity contribution >= 4 is 35.5 Å². The van der Waals surface area contributed by atoms with Crippen LogP contribution < -0.4 is 10.6 Å². The van der Waals surface area contributed by atoms with Crippen LogP contribution in [0.25, 0.3) is 0 Å². The van der Waals surface area contributed by atoms with Gasteiger partial charge >= 0.3 is 5.97 Å². The van der Waals surface area contributed by atoms with Gasteiger partial charge in [-0.1, -0.05) is 46.4 Å². The maximum Gasteiger partial charge on any atom is 0.328 e. The summed E-state index contributed by atoms with van der Waals surface area (Å²) in [5.74, 6) is -3.95. The number of esters is 1. The van der Waals surface area contributed by atoms with Crippen LogP contribution in [0.4, 0.5) is 0 Å². The highest BCUT2D eigenvalue weighted by molar-refractivity contribution is 5.98. The van der Waals surface area contributed by atoms with Gasteiger partial charge in [-0.2, -0.15) is 0 Å². The zero-order chi connectivity index (χ0) is 38.4. The molecule has 2 fully saturated rings. The lowest BCUT2D eigenvalue weighted by molar-refractivity contribution is -0.159. The molecule has 0 aromatic heterocycles. The quantitative estimate of drug-likeness (QED) is 0.190. The fourth-order valence-electron chi connectivity index (χ4n) is 6.88. The van der Waals surface area contributed by atoms with E-state index in [0.29, 0.717) is 6.42 Å². The van der Waals surface area contributed by atoms with Crippen molar-refractivity contribution in [3.05, 3.63) is 24.4 Å². The Kier molecular flexibility index (Phi) is 14.8. The van der Waals surface area contributed by atoms with Crippen molar-refractivity contribution in [2.24, 2.45) is 11.8 Å². The predicted molar refractivity (Wildman–Crippen MR) is 189 cm³/mol. The van der Waals surface area contributed by atoms with Gasteiger partial charge in [-0.25, -0.2) is 4.79 Å². The zero-order valence-corrected chi connectivity index (χ0v) is 32.0. The van der Waals surface area contributed by atoms with Gasteiger partial charge in [-0.05, 0) is 58.8 Å². The molecule has 5 amide bonds. The molecule has 2 heterocycles. The van der Waals surface area contributed by atoms with Gasteiger partial charge in [0.25, 0.3) is 0 Å². The number of carbonyl (C=O) groups is 6. The predicted octanol–water partition coefficient (Wildman–Crippen LogP) is 1.43. The largest absolute Gasteiger partial charge is 0.467 e. The van der Waals surface area contributed by atoms with Crippen LogP contribution in [0.3, 0.4) is 0 Å². The van der Waals surface area contributed by atoms with Crippen LogP contribution in [0.15, 0.2) is 24.4 Å². The summed E-state index contributed by atoms with van der Waals surface area (Å²) >= 11 is 0. The van der Waals surface area contributed by atoms with Gasteiger partial charge in [0, 0.05) is 33.3 Å². The molecule has 3 N–H and O–H groups in total. The number of hydrogen-bond donors (Lipinski definition) is 3. The van der Waals surface area contributed by atoms with E-state index in [2.05, 4.69) is 17.2 Å². The lowest BCUT2D eigenvalue weighted by atomic mass is 9.88. The Balaban J connectivity index is 2.65. The average Bonchev–Trinajstić information content (AvgIpc) is 3.05. The Bertz CT molecular complexity index is 1330. The molecule has 50 heavy (non-hydrogen) atoms. The SMILES string of the molecule is C=C1C2CC(C(=O)N1C(C(=O)N(C)C(C(=O)NC(CC)C(=O)OC)C(C)CC=CC)C(C)C)N(C)C(=O)C(CC(C)(C)O)N(C)C(=O)C(C)N2. The summed E-state index contributed by atoms with van der Waals surface area (Å²) in [5, 5.41) is 16.7. The number of hydrogen-bond acceptors (Lipinski definition) is 9. The molecule has 282 valence electrons. The number of likely N-dealkylation sites (tertiary alicyclic amines) is 1. The van der Waals surface area contributed by atoms with Crippen molar-refractivity contribution in [1.82, 2.24) is 30.2 Å². The third kappa shape index (κ3) is 9.51. The molecule has 14 heteroatoms. The van der Waals surface area contributed by atoms with E-state index in [-0.39, 0.29) is 36.8 Å². The molecule has 2 aliphatic heterocycles. The number of rotatable bonds is 13. The van der Waals surface area contributed by atoms with Gasteiger partial charge in [0.15, 0.2) is 0 Å². The number of nitrogens with zero attached hydrogens (tertiary/aromatic N) is 4. The second-order valence-corrected chi connectivity index (χ2v) is 14.7. The second kappa shape index (κ2) is 17.4. The molecule has 2 aliphatic rings. The number of methoxy groups -OCH3 is 1. The van der Waals surface area contributed by atoms with Crippen molar-refractivity contribution in [2.45, 2.75) is 129 Å². The molecule has 0 aromatic rings. The number of nitrogens with one attached hydrogen (secondary N) is 2. The molecule has 14 nitrogen and oxygen atoms in total. The highest BCUT2D eigenvalue weighted by Gasteiger charge is 2.50. The summed E-state index contributed by atoms with van der Waals surface area (Å²) in [6.45, 7) is 18.0. The van der Waals surface area contributed by atoms with Gasteiger partial charge in [0.1, 0.15) is 30.2 Å². The third-order valence-corrected chi connectivity index (χ3v) is 9.81. The van der Waals surface area contributed by atoms with Gasteiger partial charge < -0.3 is 34.8 Å². The number of allylic oxidation sites excluding steroid dienone is 2. The Hall–Kier alpha value is -3.78. The minimum absolute atomic E-state index is 0.0620. The van der Waals surface area contributed by atoms with Crippen molar-refractivity contribution < 1.29 is 38.6 Å². The number of carbonyl (C=O) groups excluding carboxylic acids is 6. The average molecular weight is 705 g/mol. The van der Waals surface area contributed by atoms with Crippen LogP contribution >= 0.6 is 0 Å². The molecule has 0 saturated carbocycles. The monoisotopic (exact) mass is 704 g/mol. The standard InChI is InChI=1S/C36H60N6O8/c1-14-16-17-21(5)29(30(43)38-24(15-2)35(48)50-13)41(12)34(47)28(20(3)4)42-23(7)25-18-26(33(42)46)39(10)32(45)27(19-36(8,9)49)40(11)31(44)22(6)37-25/h14,16,20-22,24-29,37,49H,7,15,17-19H2,1-6,8-13H3,(H,38,43). The second-order valence-electron chi connectivity index (χ2n) is 14.7. The number of piperidine rings is 1. The first-order valence-electron chi connectivity index (χ1n) is 17.4. The van der Waals surface area contributed by atoms with Gasteiger partial charge in [0.05, 0.1) is 24.8 Å². The van der Waals surface area contributed by atoms with E-state index < -0.39 is 83.4 Å². The lowest BCUT2D eigenvalue weighted by Crippen LogP contribution is -2.68. The molecule has 0 aliphatic carbocycles. The number of fused-ring (bicyclic) bond motifs is 2. The topological polar surface area (TPSA) is 169 Å². The summed E-state index contributed by atoms with van der Waals surface area (Å²) in [7, 11) is 5.73. The highest BCUT2D eigenvalue weighted by atomic mass is 16.5. The number of aliphatic hydroxyl groups is 1. The van der Waals surface area contributed by atoms with Crippen LogP contribution in [0.5, 0.6) is 0 Å². The Morgan fingerprint density at radius 1 is 1.12 bits per heavy atom. The molecule has 2 saturated heterocycles. The number of ether oxygens (including phenoxy) is 1. The third-order valence-electron chi connectivity index (χ3n) is 9.81. The van der Waals surface area contributed by atoms with Crippen molar-refractivity contribution in [3.63, 3.8) is 0 Å². The Morgan fingerprint density at radius 3 is 2.22 bits per heavy atom.